The maximum atomic E-state index is 13.7. The monoisotopic (exact) mass is 521 g/mol. The summed E-state index contributed by atoms with van der Waals surface area (Å²) in [7, 11) is 0. The zero-order chi connectivity index (χ0) is 27.6. The summed E-state index contributed by atoms with van der Waals surface area (Å²) in [6.45, 7) is 1.48. The van der Waals surface area contributed by atoms with Gasteiger partial charge in [-0.05, 0) is 47.4 Å². The number of benzene rings is 4. The highest BCUT2D eigenvalue weighted by Crippen LogP contribution is 2.25. The van der Waals surface area contributed by atoms with Crippen molar-refractivity contribution in [1.29, 1.82) is 0 Å². The van der Waals surface area contributed by atoms with Crippen LogP contribution in [0.1, 0.15) is 28.2 Å². The zero-order valence-corrected chi connectivity index (χ0v) is 21.6. The van der Waals surface area contributed by atoms with E-state index in [2.05, 4.69) is 16.0 Å². The molecule has 4 rings (SSSR count). The molecule has 0 heterocycles. The summed E-state index contributed by atoms with van der Waals surface area (Å²) < 4.78 is 0. The number of phenolic OH excluding ortho intramolecular Hbond substituents is 1. The van der Waals surface area contributed by atoms with Crippen LogP contribution in [0.5, 0.6) is 5.75 Å². The van der Waals surface area contributed by atoms with E-state index in [1.165, 1.54) is 12.1 Å². The first-order chi connectivity index (χ1) is 18.9. The molecule has 0 aliphatic heterocycles. The lowest BCUT2D eigenvalue weighted by Gasteiger charge is -2.23. The number of phenols is 1. The molecule has 0 aromatic heterocycles. The molecule has 0 bridgehead atoms. The van der Waals surface area contributed by atoms with Gasteiger partial charge in [-0.15, -0.1) is 0 Å². The summed E-state index contributed by atoms with van der Waals surface area (Å²) in [5.41, 5.74) is 3.72. The van der Waals surface area contributed by atoms with Gasteiger partial charge < -0.3 is 21.1 Å². The van der Waals surface area contributed by atoms with Crippen LogP contribution >= 0.6 is 0 Å². The highest BCUT2D eigenvalue weighted by atomic mass is 16.3. The molecular formula is C32H31N3O4. The molecule has 1 atom stereocenters. The van der Waals surface area contributed by atoms with Crippen LogP contribution in [0.3, 0.4) is 0 Å². The molecule has 0 saturated carbocycles. The zero-order valence-electron chi connectivity index (χ0n) is 21.6. The van der Waals surface area contributed by atoms with Crippen molar-refractivity contribution in [2.45, 2.75) is 25.3 Å². The van der Waals surface area contributed by atoms with Crippen molar-refractivity contribution in [2.24, 2.45) is 0 Å². The lowest BCUT2D eigenvalue weighted by Crippen LogP contribution is -2.50. The van der Waals surface area contributed by atoms with Crippen LogP contribution in [0.25, 0.3) is 0 Å². The summed E-state index contributed by atoms with van der Waals surface area (Å²) >= 11 is 0. The van der Waals surface area contributed by atoms with E-state index >= 15 is 0 Å². The number of nitrogens with one attached hydrogen (secondary N) is 3. The Bertz CT molecular complexity index is 1370. The molecule has 7 nitrogen and oxygen atoms in total. The molecule has 0 aliphatic carbocycles. The van der Waals surface area contributed by atoms with Crippen LogP contribution in [-0.2, 0) is 20.8 Å². The van der Waals surface area contributed by atoms with Crippen molar-refractivity contribution >= 4 is 23.4 Å². The molecule has 7 heteroatoms. The first-order valence-corrected chi connectivity index (χ1v) is 12.7. The second-order valence-corrected chi connectivity index (χ2v) is 9.27. The number of hydrogen-bond acceptors (Lipinski definition) is 4. The predicted octanol–water partition coefficient (Wildman–Crippen LogP) is 4.31. The molecule has 0 unspecified atom stereocenters. The van der Waals surface area contributed by atoms with Crippen LogP contribution in [0, 0.1) is 6.92 Å². The van der Waals surface area contributed by atoms with Crippen molar-refractivity contribution in [3.05, 3.63) is 131 Å². The minimum Gasteiger partial charge on any atom is -0.508 e. The van der Waals surface area contributed by atoms with Gasteiger partial charge in [-0.2, -0.15) is 0 Å². The van der Waals surface area contributed by atoms with Gasteiger partial charge in [0.05, 0.1) is 12.5 Å². The molecule has 4 aromatic rings. The third-order valence-electron chi connectivity index (χ3n) is 6.35. The van der Waals surface area contributed by atoms with Crippen molar-refractivity contribution in [3.8, 4) is 5.75 Å². The van der Waals surface area contributed by atoms with E-state index in [0.29, 0.717) is 11.3 Å². The van der Waals surface area contributed by atoms with Gasteiger partial charge >= 0.3 is 0 Å². The first-order valence-electron chi connectivity index (χ1n) is 12.7. The van der Waals surface area contributed by atoms with Crippen molar-refractivity contribution < 1.29 is 19.5 Å². The van der Waals surface area contributed by atoms with Gasteiger partial charge in [-0.1, -0.05) is 91.0 Å². The number of carbonyl (C=O) groups is 3. The fourth-order valence-corrected chi connectivity index (χ4v) is 4.37. The molecule has 0 fully saturated rings. The van der Waals surface area contributed by atoms with E-state index in [-0.39, 0.29) is 24.6 Å². The van der Waals surface area contributed by atoms with E-state index in [9.17, 15) is 19.5 Å². The highest BCUT2D eigenvalue weighted by Gasteiger charge is 2.28. The minimum absolute atomic E-state index is 0.0996. The van der Waals surface area contributed by atoms with Crippen molar-refractivity contribution in [2.75, 3.05) is 11.9 Å². The maximum absolute atomic E-state index is 13.7. The van der Waals surface area contributed by atoms with Gasteiger partial charge in [-0.25, -0.2) is 0 Å². The number of amides is 3. The van der Waals surface area contributed by atoms with Crippen LogP contribution in [0.2, 0.25) is 0 Å². The lowest BCUT2D eigenvalue weighted by atomic mass is 9.90. The molecule has 4 aromatic carbocycles. The Morgan fingerprint density at radius 3 is 1.87 bits per heavy atom. The third kappa shape index (κ3) is 7.55. The minimum atomic E-state index is -0.905. The summed E-state index contributed by atoms with van der Waals surface area (Å²) in [6, 6.07) is 31.9. The summed E-state index contributed by atoms with van der Waals surface area (Å²) in [6.07, 6.45) is 0.257. The van der Waals surface area contributed by atoms with Gasteiger partial charge in [-0.3, -0.25) is 14.4 Å². The molecule has 3 amide bonds. The Labute approximate surface area is 227 Å². The maximum Gasteiger partial charge on any atom is 0.243 e. The number of carbonyl (C=O) groups excluding carboxylic acids is 3. The van der Waals surface area contributed by atoms with Gasteiger partial charge in [0.15, 0.2) is 0 Å². The van der Waals surface area contributed by atoms with Crippen LogP contribution < -0.4 is 16.0 Å². The SMILES string of the molecule is Cc1cc(O)ccc1NC(=O)CNC(=O)[C@H](Cc1ccccc1)NC(=O)C(c1ccccc1)c1ccccc1. The molecule has 0 aliphatic rings. The Morgan fingerprint density at radius 2 is 1.31 bits per heavy atom. The van der Waals surface area contributed by atoms with E-state index in [1.807, 2.05) is 91.0 Å². The summed E-state index contributed by atoms with van der Waals surface area (Å²) in [4.78, 5) is 39.6. The third-order valence-corrected chi connectivity index (χ3v) is 6.35. The molecule has 39 heavy (non-hydrogen) atoms. The Balaban J connectivity index is 1.50. The molecule has 0 spiro atoms. The fourth-order valence-electron chi connectivity index (χ4n) is 4.37. The average molecular weight is 522 g/mol. The summed E-state index contributed by atoms with van der Waals surface area (Å²) in [5.74, 6) is -1.72. The molecule has 198 valence electrons. The van der Waals surface area contributed by atoms with Gasteiger partial charge in [0, 0.05) is 12.1 Å². The van der Waals surface area contributed by atoms with Crippen LogP contribution in [-0.4, -0.2) is 35.4 Å². The number of rotatable bonds is 10. The van der Waals surface area contributed by atoms with Crippen molar-refractivity contribution in [3.63, 3.8) is 0 Å². The van der Waals surface area contributed by atoms with Crippen LogP contribution in [0.4, 0.5) is 5.69 Å². The molecule has 4 N–H and O–H groups in total. The van der Waals surface area contributed by atoms with E-state index < -0.39 is 23.8 Å². The van der Waals surface area contributed by atoms with Gasteiger partial charge in [0.2, 0.25) is 17.7 Å². The number of anilines is 1. The second-order valence-electron chi connectivity index (χ2n) is 9.27. The first kappa shape index (κ1) is 27.1. The highest BCUT2D eigenvalue weighted by molar-refractivity contribution is 5.97. The Morgan fingerprint density at radius 1 is 0.744 bits per heavy atom. The Kier molecular flexibility index (Phi) is 9.08. The van der Waals surface area contributed by atoms with Gasteiger partial charge in [0.1, 0.15) is 11.8 Å². The largest absolute Gasteiger partial charge is 0.508 e. The van der Waals surface area contributed by atoms with Crippen molar-refractivity contribution in [1.82, 2.24) is 10.6 Å². The quantitative estimate of drug-likeness (QED) is 0.233. The predicted molar refractivity (Wildman–Crippen MR) is 151 cm³/mol. The normalized spacial score (nSPS) is 11.4. The number of aromatic hydroxyl groups is 1. The topological polar surface area (TPSA) is 108 Å². The summed E-state index contributed by atoms with van der Waals surface area (Å²) in [5, 5.41) is 17.9. The van der Waals surface area contributed by atoms with Gasteiger partial charge in [0.25, 0.3) is 0 Å². The van der Waals surface area contributed by atoms with E-state index in [4.69, 9.17) is 0 Å². The number of aryl methyl sites for hydroxylation is 1. The number of hydrogen-bond donors (Lipinski definition) is 4. The second kappa shape index (κ2) is 13.1. The van der Waals surface area contributed by atoms with E-state index in [1.54, 1.807) is 13.0 Å². The van der Waals surface area contributed by atoms with E-state index in [0.717, 1.165) is 16.7 Å². The molecule has 0 saturated heterocycles. The molecule has 0 radical (unpaired) electrons. The average Bonchev–Trinajstić information content (AvgIpc) is 2.95. The van der Waals surface area contributed by atoms with Crippen LogP contribution in [0.15, 0.2) is 109 Å². The molecular weight excluding hydrogens is 490 g/mol. The smallest absolute Gasteiger partial charge is 0.243 e. The standard InChI is InChI=1S/C32H31N3O4/c1-22-19-26(36)17-18-27(22)34-29(37)21-33-31(38)28(20-23-11-5-2-6-12-23)35-32(39)30(24-13-7-3-8-14-24)25-15-9-4-10-16-25/h2-19,28,30,36H,20-21H2,1H3,(H,33,38)(H,34,37)(H,35,39)/t28-/m0/s1. The Hall–Kier alpha value is -4.91. The fraction of sp³-hybridized carbons (Fsp3) is 0.156. The lowest BCUT2D eigenvalue weighted by molar-refractivity contribution is -0.130.